The number of fused-ring (bicyclic) bond motifs is 1. The SMILES string of the molecule is CCOc1cc(C2/C(=C(\O)c3ccc4c(c3)OCCO4)C(=O)C(=O)N2CCc2ccccc2)ccc1OCc1ccccc1. The maximum absolute atomic E-state index is 13.6. The largest absolute Gasteiger partial charge is 0.507 e. The highest BCUT2D eigenvalue weighted by Gasteiger charge is 2.46. The molecule has 0 radical (unpaired) electrons. The number of amides is 1. The van der Waals surface area contributed by atoms with Crippen molar-refractivity contribution in [2.45, 2.75) is 26.0 Å². The molecule has 6 rings (SSSR count). The summed E-state index contributed by atoms with van der Waals surface area (Å²) < 4.78 is 23.4. The minimum Gasteiger partial charge on any atom is -0.507 e. The summed E-state index contributed by atoms with van der Waals surface area (Å²) in [5, 5.41) is 11.6. The van der Waals surface area contributed by atoms with Gasteiger partial charge in [-0.1, -0.05) is 66.7 Å². The zero-order chi connectivity index (χ0) is 30.5. The van der Waals surface area contributed by atoms with Gasteiger partial charge in [-0.05, 0) is 60.4 Å². The minimum atomic E-state index is -0.853. The van der Waals surface area contributed by atoms with E-state index in [-0.39, 0.29) is 17.9 Å². The Bertz CT molecular complexity index is 1680. The third kappa shape index (κ3) is 5.97. The predicted octanol–water partition coefficient (Wildman–Crippen LogP) is 6.10. The van der Waals surface area contributed by atoms with E-state index in [9.17, 15) is 14.7 Å². The molecular weight excluding hydrogens is 558 g/mol. The molecule has 1 amide bonds. The topological polar surface area (TPSA) is 94.5 Å². The van der Waals surface area contributed by atoms with Gasteiger partial charge in [-0.2, -0.15) is 0 Å². The number of likely N-dealkylation sites (tertiary alicyclic amines) is 1. The van der Waals surface area contributed by atoms with Crippen LogP contribution >= 0.6 is 0 Å². The van der Waals surface area contributed by atoms with Gasteiger partial charge in [0.2, 0.25) is 0 Å². The number of aliphatic hydroxyl groups excluding tert-OH is 1. The molecule has 1 atom stereocenters. The van der Waals surface area contributed by atoms with Gasteiger partial charge in [-0.3, -0.25) is 9.59 Å². The summed E-state index contributed by atoms with van der Waals surface area (Å²) in [6.45, 7) is 3.68. The lowest BCUT2D eigenvalue weighted by molar-refractivity contribution is -0.139. The van der Waals surface area contributed by atoms with Crippen LogP contribution in [0.15, 0.2) is 103 Å². The monoisotopic (exact) mass is 591 g/mol. The second-order valence-corrected chi connectivity index (χ2v) is 10.5. The van der Waals surface area contributed by atoms with Crippen molar-refractivity contribution in [1.29, 1.82) is 0 Å². The lowest BCUT2D eigenvalue weighted by Gasteiger charge is -2.26. The van der Waals surface area contributed by atoms with E-state index in [0.717, 1.165) is 11.1 Å². The summed E-state index contributed by atoms with van der Waals surface area (Å²) in [6.07, 6.45) is 0.533. The van der Waals surface area contributed by atoms with Gasteiger partial charge in [0.05, 0.1) is 18.2 Å². The molecule has 0 aliphatic carbocycles. The first-order valence-electron chi connectivity index (χ1n) is 14.7. The van der Waals surface area contributed by atoms with E-state index in [1.54, 1.807) is 30.3 Å². The minimum absolute atomic E-state index is 0.000131. The van der Waals surface area contributed by atoms with Gasteiger partial charge >= 0.3 is 0 Å². The Morgan fingerprint density at radius 2 is 1.52 bits per heavy atom. The van der Waals surface area contributed by atoms with E-state index in [2.05, 4.69) is 0 Å². The van der Waals surface area contributed by atoms with Crippen LogP contribution in [0.5, 0.6) is 23.0 Å². The molecule has 8 heteroatoms. The van der Waals surface area contributed by atoms with E-state index in [1.165, 1.54) is 4.90 Å². The molecule has 1 fully saturated rings. The number of carbonyl (C=O) groups excluding carboxylic acids is 2. The molecule has 1 unspecified atom stereocenters. The molecule has 8 nitrogen and oxygen atoms in total. The maximum atomic E-state index is 13.6. The Labute approximate surface area is 256 Å². The van der Waals surface area contributed by atoms with E-state index in [4.69, 9.17) is 18.9 Å². The lowest BCUT2D eigenvalue weighted by atomic mass is 9.94. The first kappa shape index (κ1) is 28.9. The summed E-state index contributed by atoms with van der Waals surface area (Å²) in [5.74, 6) is 0.329. The van der Waals surface area contributed by atoms with Crippen LogP contribution in [0.4, 0.5) is 0 Å². The Morgan fingerprint density at radius 3 is 2.25 bits per heavy atom. The molecule has 2 heterocycles. The van der Waals surface area contributed by atoms with Crippen LogP contribution in [0.25, 0.3) is 5.76 Å². The molecule has 4 aromatic carbocycles. The number of carbonyl (C=O) groups is 2. The molecule has 0 saturated carbocycles. The lowest BCUT2D eigenvalue weighted by Crippen LogP contribution is -2.31. The second kappa shape index (κ2) is 13.0. The number of benzene rings is 4. The second-order valence-electron chi connectivity index (χ2n) is 10.5. The van der Waals surface area contributed by atoms with Gasteiger partial charge in [0.15, 0.2) is 23.0 Å². The molecule has 0 bridgehead atoms. The first-order chi connectivity index (χ1) is 21.5. The van der Waals surface area contributed by atoms with E-state index < -0.39 is 17.7 Å². The van der Waals surface area contributed by atoms with Crippen molar-refractivity contribution in [3.05, 3.63) is 125 Å². The molecule has 44 heavy (non-hydrogen) atoms. The molecule has 1 N–H and O–H groups in total. The fraction of sp³-hybridized carbons (Fsp3) is 0.222. The quantitative estimate of drug-likeness (QED) is 0.135. The van der Waals surface area contributed by atoms with Crippen LogP contribution in [0.3, 0.4) is 0 Å². The Morgan fingerprint density at radius 1 is 0.818 bits per heavy atom. The van der Waals surface area contributed by atoms with Gasteiger partial charge in [0, 0.05) is 12.1 Å². The number of nitrogens with zero attached hydrogens (tertiary/aromatic N) is 1. The van der Waals surface area contributed by atoms with E-state index in [1.807, 2.05) is 73.7 Å². The van der Waals surface area contributed by atoms with Crippen LogP contribution in [-0.2, 0) is 22.6 Å². The van der Waals surface area contributed by atoms with Gasteiger partial charge in [0.1, 0.15) is 25.6 Å². The zero-order valence-electron chi connectivity index (χ0n) is 24.4. The molecular formula is C36H33NO7. The highest BCUT2D eigenvalue weighted by atomic mass is 16.6. The highest BCUT2D eigenvalue weighted by Crippen LogP contribution is 2.43. The van der Waals surface area contributed by atoms with Crippen LogP contribution < -0.4 is 18.9 Å². The Balaban J connectivity index is 1.40. The number of Topliss-reactive ketones (excluding diaryl/α,β-unsaturated/α-hetero) is 1. The zero-order valence-corrected chi connectivity index (χ0v) is 24.4. The van der Waals surface area contributed by atoms with Crippen LogP contribution in [-0.4, -0.2) is 48.1 Å². The van der Waals surface area contributed by atoms with Crippen molar-refractivity contribution >= 4 is 17.4 Å². The van der Waals surface area contributed by atoms with Gasteiger partial charge < -0.3 is 29.0 Å². The van der Waals surface area contributed by atoms with Crippen LogP contribution in [0.1, 0.15) is 35.2 Å². The van der Waals surface area contributed by atoms with Gasteiger partial charge in [0.25, 0.3) is 11.7 Å². The molecule has 1 saturated heterocycles. The number of aliphatic hydroxyl groups is 1. The fourth-order valence-corrected chi connectivity index (χ4v) is 5.52. The summed E-state index contributed by atoms with van der Waals surface area (Å²) in [6, 6.07) is 29.1. The van der Waals surface area contributed by atoms with Crippen molar-refractivity contribution in [1.82, 2.24) is 4.90 Å². The third-order valence-corrected chi connectivity index (χ3v) is 7.66. The number of hydrogen-bond donors (Lipinski definition) is 1. The highest BCUT2D eigenvalue weighted by molar-refractivity contribution is 6.46. The number of ketones is 1. The van der Waals surface area contributed by atoms with E-state index in [0.29, 0.717) is 67.0 Å². The van der Waals surface area contributed by atoms with Crippen molar-refractivity contribution in [2.75, 3.05) is 26.4 Å². The van der Waals surface area contributed by atoms with Gasteiger partial charge in [-0.15, -0.1) is 0 Å². The smallest absolute Gasteiger partial charge is 0.295 e. The average Bonchev–Trinajstić information content (AvgIpc) is 3.32. The van der Waals surface area contributed by atoms with Crippen molar-refractivity contribution < 1.29 is 33.6 Å². The first-order valence-corrected chi connectivity index (χ1v) is 14.7. The molecule has 2 aliphatic heterocycles. The molecule has 0 aromatic heterocycles. The maximum Gasteiger partial charge on any atom is 0.295 e. The normalized spacial score (nSPS) is 17.0. The number of rotatable bonds is 10. The van der Waals surface area contributed by atoms with Crippen molar-refractivity contribution in [3.8, 4) is 23.0 Å². The number of hydrogen-bond acceptors (Lipinski definition) is 7. The molecule has 224 valence electrons. The summed E-state index contributed by atoms with van der Waals surface area (Å²) in [4.78, 5) is 28.7. The predicted molar refractivity (Wildman–Crippen MR) is 165 cm³/mol. The molecule has 2 aliphatic rings. The average molecular weight is 592 g/mol. The Kier molecular flexibility index (Phi) is 8.50. The standard InChI is InChI=1S/C36H33NO7/c1-2-41-30-21-26(13-15-29(30)44-23-25-11-7-4-8-12-25)33-32(34(38)27-14-16-28-31(22-27)43-20-19-42-28)35(39)36(40)37(33)18-17-24-9-5-3-6-10-24/h3-16,21-22,33,38H,2,17-20,23H2,1H3/b34-32+. The van der Waals surface area contributed by atoms with Crippen LogP contribution in [0, 0.1) is 0 Å². The Hall–Kier alpha value is -5.24. The van der Waals surface area contributed by atoms with Crippen LogP contribution in [0.2, 0.25) is 0 Å². The van der Waals surface area contributed by atoms with Crippen molar-refractivity contribution in [2.24, 2.45) is 0 Å². The van der Waals surface area contributed by atoms with E-state index >= 15 is 0 Å². The van der Waals surface area contributed by atoms with Crippen molar-refractivity contribution in [3.63, 3.8) is 0 Å². The fourth-order valence-electron chi connectivity index (χ4n) is 5.52. The molecule has 0 spiro atoms. The van der Waals surface area contributed by atoms with Gasteiger partial charge in [-0.25, -0.2) is 0 Å². The number of ether oxygens (including phenoxy) is 4. The third-order valence-electron chi connectivity index (χ3n) is 7.66. The summed E-state index contributed by atoms with van der Waals surface area (Å²) in [5.41, 5.74) is 3.01. The summed E-state index contributed by atoms with van der Waals surface area (Å²) >= 11 is 0. The summed E-state index contributed by atoms with van der Waals surface area (Å²) in [7, 11) is 0. The molecule has 4 aromatic rings.